The maximum Gasteiger partial charge on any atom is 0.260 e. The Labute approximate surface area is 174 Å². The third-order valence-corrected chi connectivity index (χ3v) is 6.30. The van der Waals surface area contributed by atoms with Crippen LogP contribution in [-0.2, 0) is 13.6 Å². The number of thioether (sulfide) groups is 1. The molecule has 29 heavy (non-hydrogen) atoms. The molecule has 0 aliphatic carbocycles. The molecule has 1 aromatic carbocycles. The normalized spacial score (nSPS) is 14.2. The number of fused-ring (bicyclic) bond motifs is 1. The second kappa shape index (κ2) is 7.87. The van der Waals surface area contributed by atoms with Gasteiger partial charge in [-0.05, 0) is 55.7 Å². The van der Waals surface area contributed by atoms with Crippen LogP contribution in [0, 0.1) is 6.92 Å². The van der Waals surface area contributed by atoms with Gasteiger partial charge in [-0.2, -0.15) is 0 Å². The fraction of sp³-hybridized carbons (Fsp3) is 0.333. The molecule has 0 saturated heterocycles. The van der Waals surface area contributed by atoms with E-state index in [0.29, 0.717) is 12.4 Å². The number of nitrogens with one attached hydrogen (secondary N) is 1. The van der Waals surface area contributed by atoms with Crippen LogP contribution in [0.25, 0.3) is 0 Å². The number of aryl methyl sites for hydroxylation is 2. The Morgan fingerprint density at radius 2 is 2.14 bits per heavy atom. The van der Waals surface area contributed by atoms with Crippen LogP contribution >= 0.6 is 11.8 Å². The minimum absolute atomic E-state index is 0.00408. The Morgan fingerprint density at radius 3 is 2.83 bits per heavy atom. The van der Waals surface area contributed by atoms with Crippen molar-refractivity contribution in [3.63, 3.8) is 0 Å². The molecule has 3 heterocycles. The molecule has 150 valence electrons. The maximum atomic E-state index is 13.0. The zero-order valence-corrected chi connectivity index (χ0v) is 17.8. The third-order valence-electron chi connectivity index (χ3n) is 5.09. The van der Waals surface area contributed by atoms with Crippen molar-refractivity contribution in [2.75, 3.05) is 16.8 Å². The fourth-order valence-corrected chi connectivity index (χ4v) is 4.36. The molecule has 2 aromatic heterocycles. The van der Waals surface area contributed by atoms with Gasteiger partial charge in [-0.25, -0.2) is 4.98 Å². The minimum Gasteiger partial charge on any atom is -0.370 e. The van der Waals surface area contributed by atoms with Gasteiger partial charge in [-0.15, -0.1) is 10.2 Å². The van der Waals surface area contributed by atoms with Crippen molar-refractivity contribution in [3.05, 3.63) is 58.9 Å². The van der Waals surface area contributed by atoms with Gasteiger partial charge >= 0.3 is 0 Å². The van der Waals surface area contributed by atoms with E-state index in [2.05, 4.69) is 22.4 Å². The highest BCUT2D eigenvalue weighted by molar-refractivity contribution is 7.99. The van der Waals surface area contributed by atoms with Crippen LogP contribution < -0.4 is 10.2 Å². The summed E-state index contributed by atoms with van der Waals surface area (Å²) in [5.41, 5.74) is 4.06. The van der Waals surface area contributed by atoms with Gasteiger partial charge in [0.05, 0.1) is 6.54 Å². The van der Waals surface area contributed by atoms with Crippen molar-refractivity contribution < 1.29 is 4.79 Å². The molecule has 3 aromatic rings. The molecule has 0 fully saturated rings. The Morgan fingerprint density at radius 1 is 1.31 bits per heavy atom. The van der Waals surface area contributed by atoms with Crippen molar-refractivity contribution in [2.45, 2.75) is 37.7 Å². The van der Waals surface area contributed by atoms with Gasteiger partial charge in [-0.1, -0.05) is 23.9 Å². The predicted octanol–water partition coefficient (Wildman–Crippen LogP) is 3.96. The molecular weight excluding hydrogens is 384 g/mol. The van der Waals surface area contributed by atoms with E-state index >= 15 is 0 Å². The molecule has 1 aliphatic rings. The molecule has 0 radical (unpaired) electrons. The molecule has 7 nitrogen and oxygen atoms in total. The zero-order chi connectivity index (χ0) is 20.5. The summed E-state index contributed by atoms with van der Waals surface area (Å²) in [7, 11) is 1.93. The van der Waals surface area contributed by atoms with Gasteiger partial charge in [0.15, 0.2) is 5.16 Å². The van der Waals surface area contributed by atoms with E-state index in [4.69, 9.17) is 4.98 Å². The Kier molecular flexibility index (Phi) is 5.27. The Balaban J connectivity index is 1.68. The number of nitrogens with zero attached hydrogens (tertiary/aromatic N) is 5. The lowest BCUT2D eigenvalue weighted by atomic mass is 10.1. The summed E-state index contributed by atoms with van der Waals surface area (Å²) in [4.78, 5) is 19.5. The predicted molar refractivity (Wildman–Crippen MR) is 115 cm³/mol. The molecule has 1 N–H and O–H groups in total. The molecule has 1 unspecified atom stereocenters. The quantitative estimate of drug-likeness (QED) is 0.622. The molecule has 1 atom stereocenters. The molecule has 1 amide bonds. The second-order valence-corrected chi connectivity index (χ2v) is 8.46. The first-order valence-corrected chi connectivity index (χ1v) is 10.5. The van der Waals surface area contributed by atoms with Crippen molar-refractivity contribution in [1.82, 2.24) is 19.7 Å². The fourth-order valence-electron chi connectivity index (χ4n) is 3.46. The smallest absolute Gasteiger partial charge is 0.260 e. The van der Waals surface area contributed by atoms with Crippen LogP contribution in [0.5, 0.6) is 0 Å². The maximum absolute atomic E-state index is 13.0. The van der Waals surface area contributed by atoms with E-state index in [1.807, 2.05) is 55.8 Å². The van der Waals surface area contributed by atoms with E-state index in [0.717, 1.165) is 39.8 Å². The monoisotopic (exact) mass is 408 g/mol. The van der Waals surface area contributed by atoms with Gasteiger partial charge in [0.25, 0.3) is 5.91 Å². The van der Waals surface area contributed by atoms with E-state index < -0.39 is 0 Å². The topological polar surface area (TPSA) is 75.9 Å². The SMILES string of the molecule is CCNc1cc(C(C)Sc2nncn2C)cc(N2Cc3c(C)cccc3C2=O)n1. The largest absolute Gasteiger partial charge is 0.370 e. The highest BCUT2D eigenvalue weighted by Gasteiger charge is 2.31. The Bertz CT molecular complexity index is 1060. The molecule has 0 bridgehead atoms. The van der Waals surface area contributed by atoms with Crippen LogP contribution in [-0.4, -0.2) is 32.2 Å². The second-order valence-electron chi connectivity index (χ2n) is 7.15. The van der Waals surface area contributed by atoms with Crippen molar-refractivity contribution >= 4 is 29.3 Å². The lowest BCUT2D eigenvalue weighted by molar-refractivity contribution is 0.0996. The van der Waals surface area contributed by atoms with Gasteiger partial charge in [-0.3, -0.25) is 9.69 Å². The van der Waals surface area contributed by atoms with Gasteiger partial charge < -0.3 is 9.88 Å². The lowest BCUT2D eigenvalue weighted by Gasteiger charge is -2.19. The summed E-state index contributed by atoms with van der Waals surface area (Å²) in [6.07, 6.45) is 1.69. The van der Waals surface area contributed by atoms with Crippen molar-refractivity contribution in [1.29, 1.82) is 0 Å². The number of anilines is 2. The number of hydrogen-bond donors (Lipinski definition) is 1. The molecule has 4 rings (SSSR count). The number of aromatic nitrogens is 4. The highest BCUT2D eigenvalue weighted by Crippen LogP contribution is 2.37. The average Bonchev–Trinajstić information content (AvgIpc) is 3.26. The summed E-state index contributed by atoms with van der Waals surface area (Å²) >= 11 is 1.63. The van der Waals surface area contributed by atoms with Gasteiger partial charge in [0, 0.05) is 24.4 Å². The zero-order valence-electron chi connectivity index (χ0n) is 17.0. The Hall–Kier alpha value is -2.87. The first kappa shape index (κ1) is 19.4. The van der Waals surface area contributed by atoms with Gasteiger partial charge in [0.1, 0.15) is 18.0 Å². The number of amides is 1. The van der Waals surface area contributed by atoms with Crippen molar-refractivity contribution in [3.8, 4) is 0 Å². The van der Waals surface area contributed by atoms with Crippen LogP contribution in [0.15, 0.2) is 41.8 Å². The lowest BCUT2D eigenvalue weighted by Crippen LogP contribution is -2.24. The summed E-state index contributed by atoms with van der Waals surface area (Å²) in [5, 5.41) is 12.4. The average molecular weight is 409 g/mol. The molecule has 8 heteroatoms. The first-order chi connectivity index (χ1) is 14.0. The number of carbonyl (C=O) groups is 1. The van der Waals surface area contributed by atoms with Crippen LogP contribution in [0.4, 0.5) is 11.6 Å². The standard InChI is InChI=1S/C21H24N6OS/c1-5-22-18-9-15(14(3)29-21-25-23-12-26(21)4)10-19(24-18)27-11-17-13(2)7-6-8-16(17)20(27)28/h6-10,12,14H,5,11H2,1-4H3,(H,22,24). The number of carbonyl (C=O) groups excluding carboxylic acids is 1. The number of pyridine rings is 1. The summed E-state index contributed by atoms with van der Waals surface area (Å²) in [6.45, 7) is 7.51. The third kappa shape index (κ3) is 3.72. The summed E-state index contributed by atoms with van der Waals surface area (Å²) in [5.74, 6) is 1.44. The number of rotatable bonds is 6. The van der Waals surface area contributed by atoms with E-state index in [-0.39, 0.29) is 11.2 Å². The number of benzene rings is 1. The van der Waals surface area contributed by atoms with Gasteiger partial charge in [0.2, 0.25) is 0 Å². The van der Waals surface area contributed by atoms with E-state index in [1.54, 1.807) is 23.0 Å². The van der Waals surface area contributed by atoms with Crippen LogP contribution in [0.3, 0.4) is 0 Å². The highest BCUT2D eigenvalue weighted by atomic mass is 32.2. The van der Waals surface area contributed by atoms with Crippen molar-refractivity contribution in [2.24, 2.45) is 7.05 Å². The van der Waals surface area contributed by atoms with E-state index in [1.165, 1.54) is 0 Å². The first-order valence-electron chi connectivity index (χ1n) is 9.64. The van der Waals surface area contributed by atoms with Crippen LogP contribution in [0.2, 0.25) is 0 Å². The molecule has 0 saturated carbocycles. The molecular formula is C21H24N6OS. The van der Waals surface area contributed by atoms with E-state index in [9.17, 15) is 4.79 Å². The molecule has 0 spiro atoms. The summed E-state index contributed by atoms with van der Waals surface area (Å²) < 4.78 is 1.90. The summed E-state index contributed by atoms with van der Waals surface area (Å²) in [6, 6.07) is 9.92. The minimum atomic E-state index is 0.00408. The molecule has 1 aliphatic heterocycles. The van der Waals surface area contributed by atoms with Crippen LogP contribution in [0.1, 0.15) is 46.1 Å². The number of hydrogen-bond acceptors (Lipinski definition) is 6.